The van der Waals surface area contributed by atoms with E-state index in [0.717, 1.165) is 0 Å². The van der Waals surface area contributed by atoms with Crippen LogP contribution < -0.4 is 5.73 Å². The molecular weight excluding hydrogens is 187 g/mol. The zero-order chi connectivity index (χ0) is 9.35. The fourth-order valence-corrected chi connectivity index (χ4v) is 2.10. The standard InChI is InChI=1S/C7H10F3NS/c1-4-2-3-5(12-4)6(11)7(8,9)10/h3-4,6H,2,11H2,1H3. The Balaban J connectivity index is 2.60. The van der Waals surface area contributed by atoms with Gasteiger partial charge in [-0.15, -0.1) is 11.8 Å². The average Bonchev–Trinajstić information content (AvgIpc) is 2.32. The normalized spacial score (nSPS) is 27.1. The molecule has 0 saturated carbocycles. The minimum atomic E-state index is -4.30. The van der Waals surface area contributed by atoms with E-state index in [4.69, 9.17) is 5.73 Å². The zero-order valence-corrected chi connectivity index (χ0v) is 7.38. The number of allylic oxidation sites excluding steroid dienone is 1. The first-order valence-electron chi connectivity index (χ1n) is 3.60. The summed E-state index contributed by atoms with van der Waals surface area (Å²) in [5.74, 6) is 0. The molecular formula is C7H10F3NS. The summed E-state index contributed by atoms with van der Waals surface area (Å²) >= 11 is 1.22. The molecule has 0 aliphatic carbocycles. The highest BCUT2D eigenvalue weighted by molar-refractivity contribution is 8.04. The van der Waals surface area contributed by atoms with Gasteiger partial charge in [0.2, 0.25) is 0 Å². The van der Waals surface area contributed by atoms with Crippen molar-refractivity contribution >= 4 is 11.8 Å². The van der Waals surface area contributed by atoms with Gasteiger partial charge in [-0.3, -0.25) is 0 Å². The van der Waals surface area contributed by atoms with Gasteiger partial charge in [-0.05, 0) is 6.42 Å². The molecule has 0 spiro atoms. The minimum absolute atomic E-state index is 0.230. The maximum Gasteiger partial charge on any atom is 0.408 e. The molecule has 1 aliphatic heterocycles. The lowest BCUT2D eigenvalue weighted by atomic mass is 10.2. The topological polar surface area (TPSA) is 26.0 Å². The largest absolute Gasteiger partial charge is 0.408 e. The van der Waals surface area contributed by atoms with Crippen molar-refractivity contribution in [3.05, 3.63) is 11.0 Å². The summed E-state index contributed by atoms with van der Waals surface area (Å²) in [6.45, 7) is 1.89. The van der Waals surface area contributed by atoms with E-state index in [1.807, 2.05) is 6.92 Å². The highest BCUT2D eigenvalue weighted by atomic mass is 32.2. The summed E-state index contributed by atoms with van der Waals surface area (Å²) in [4.78, 5) is 0.259. The van der Waals surface area contributed by atoms with Crippen molar-refractivity contribution in [1.29, 1.82) is 0 Å². The van der Waals surface area contributed by atoms with Crippen molar-refractivity contribution in [2.24, 2.45) is 5.73 Å². The predicted octanol–water partition coefficient (Wildman–Crippen LogP) is 2.29. The highest BCUT2D eigenvalue weighted by Crippen LogP contribution is 2.38. The summed E-state index contributed by atoms with van der Waals surface area (Å²) in [5, 5.41) is 0.230. The van der Waals surface area contributed by atoms with Crippen LogP contribution in [0.15, 0.2) is 11.0 Å². The number of hydrogen-bond acceptors (Lipinski definition) is 2. The van der Waals surface area contributed by atoms with Crippen molar-refractivity contribution in [3.63, 3.8) is 0 Å². The Morgan fingerprint density at radius 1 is 1.67 bits per heavy atom. The molecule has 70 valence electrons. The summed E-state index contributed by atoms with van der Waals surface area (Å²) in [6, 6.07) is -1.78. The SMILES string of the molecule is CC1CC=C(C(N)C(F)(F)F)S1. The van der Waals surface area contributed by atoms with Gasteiger partial charge in [-0.2, -0.15) is 13.2 Å². The van der Waals surface area contributed by atoms with Crippen LogP contribution in [-0.2, 0) is 0 Å². The van der Waals surface area contributed by atoms with Gasteiger partial charge in [0.25, 0.3) is 0 Å². The summed E-state index contributed by atoms with van der Waals surface area (Å²) in [7, 11) is 0. The molecule has 0 aromatic rings. The first-order chi connectivity index (χ1) is 5.41. The van der Waals surface area contributed by atoms with E-state index in [9.17, 15) is 13.2 Å². The molecule has 2 unspecified atom stereocenters. The average molecular weight is 197 g/mol. The number of alkyl halides is 3. The van der Waals surface area contributed by atoms with Gasteiger partial charge in [-0.25, -0.2) is 0 Å². The molecule has 0 fully saturated rings. The Morgan fingerprint density at radius 2 is 2.25 bits per heavy atom. The second-order valence-electron chi connectivity index (χ2n) is 2.79. The van der Waals surface area contributed by atoms with Crippen LogP contribution in [0.2, 0.25) is 0 Å². The molecule has 1 rings (SSSR count). The molecule has 0 bridgehead atoms. The Morgan fingerprint density at radius 3 is 2.58 bits per heavy atom. The first-order valence-corrected chi connectivity index (χ1v) is 4.48. The molecule has 12 heavy (non-hydrogen) atoms. The first kappa shape index (κ1) is 9.92. The molecule has 0 amide bonds. The maximum absolute atomic E-state index is 12.0. The van der Waals surface area contributed by atoms with Gasteiger partial charge in [0.1, 0.15) is 6.04 Å². The molecule has 2 N–H and O–H groups in total. The molecule has 0 saturated heterocycles. The van der Waals surface area contributed by atoms with Crippen LogP contribution in [0.4, 0.5) is 13.2 Å². The van der Waals surface area contributed by atoms with Crippen LogP contribution in [0.3, 0.4) is 0 Å². The summed E-state index contributed by atoms with van der Waals surface area (Å²) in [6.07, 6.45) is -2.04. The van der Waals surface area contributed by atoms with Gasteiger partial charge < -0.3 is 5.73 Å². The zero-order valence-electron chi connectivity index (χ0n) is 6.56. The van der Waals surface area contributed by atoms with Crippen molar-refractivity contribution in [3.8, 4) is 0 Å². The molecule has 2 atom stereocenters. The van der Waals surface area contributed by atoms with Crippen LogP contribution in [0.1, 0.15) is 13.3 Å². The lowest BCUT2D eigenvalue weighted by Crippen LogP contribution is -2.37. The number of hydrogen-bond donors (Lipinski definition) is 1. The van der Waals surface area contributed by atoms with Crippen molar-refractivity contribution in [1.82, 2.24) is 0 Å². The van der Waals surface area contributed by atoms with Gasteiger partial charge in [0.15, 0.2) is 0 Å². The van der Waals surface area contributed by atoms with Crippen molar-refractivity contribution in [2.45, 2.75) is 30.8 Å². The lowest BCUT2D eigenvalue weighted by Gasteiger charge is -2.16. The fraction of sp³-hybridized carbons (Fsp3) is 0.714. The number of rotatable bonds is 1. The molecule has 5 heteroatoms. The van der Waals surface area contributed by atoms with Gasteiger partial charge in [0, 0.05) is 10.2 Å². The van der Waals surface area contributed by atoms with E-state index >= 15 is 0 Å². The summed E-state index contributed by atoms with van der Waals surface area (Å²) < 4.78 is 36.1. The second-order valence-corrected chi connectivity index (χ2v) is 4.30. The molecule has 0 aromatic heterocycles. The third-order valence-electron chi connectivity index (χ3n) is 1.65. The molecule has 0 aromatic carbocycles. The molecule has 1 nitrogen and oxygen atoms in total. The lowest BCUT2D eigenvalue weighted by molar-refractivity contribution is -0.137. The maximum atomic E-state index is 12.0. The second kappa shape index (κ2) is 3.30. The number of thioether (sulfide) groups is 1. The smallest absolute Gasteiger partial charge is 0.316 e. The van der Waals surface area contributed by atoms with Crippen molar-refractivity contribution < 1.29 is 13.2 Å². The van der Waals surface area contributed by atoms with Gasteiger partial charge in [0.05, 0.1) is 0 Å². The van der Waals surface area contributed by atoms with E-state index in [1.165, 1.54) is 11.8 Å². The monoisotopic (exact) mass is 197 g/mol. The Hall–Kier alpha value is -0.160. The van der Waals surface area contributed by atoms with Crippen LogP contribution >= 0.6 is 11.8 Å². The highest BCUT2D eigenvalue weighted by Gasteiger charge is 2.40. The van der Waals surface area contributed by atoms with E-state index in [2.05, 4.69) is 0 Å². The van der Waals surface area contributed by atoms with E-state index in [0.29, 0.717) is 6.42 Å². The number of nitrogens with two attached hydrogens (primary N) is 1. The predicted molar refractivity (Wildman–Crippen MR) is 43.8 cm³/mol. The summed E-state index contributed by atoms with van der Waals surface area (Å²) in [5.41, 5.74) is 5.00. The quantitative estimate of drug-likeness (QED) is 0.698. The Labute approximate surface area is 73.2 Å². The fourth-order valence-electron chi connectivity index (χ4n) is 0.972. The van der Waals surface area contributed by atoms with E-state index in [1.54, 1.807) is 6.08 Å². The van der Waals surface area contributed by atoms with Crippen LogP contribution in [0, 0.1) is 0 Å². The third-order valence-corrected chi connectivity index (χ3v) is 2.93. The molecule has 0 radical (unpaired) electrons. The van der Waals surface area contributed by atoms with Gasteiger partial charge in [-0.1, -0.05) is 13.0 Å². The van der Waals surface area contributed by atoms with Gasteiger partial charge >= 0.3 is 6.18 Å². The molecule has 1 aliphatic rings. The van der Waals surface area contributed by atoms with Crippen LogP contribution in [-0.4, -0.2) is 17.5 Å². The van der Waals surface area contributed by atoms with Crippen LogP contribution in [0.5, 0.6) is 0 Å². The molecule has 1 heterocycles. The number of halogens is 3. The van der Waals surface area contributed by atoms with E-state index < -0.39 is 12.2 Å². The minimum Gasteiger partial charge on any atom is -0.316 e. The van der Waals surface area contributed by atoms with E-state index in [-0.39, 0.29) is 10.2 Å². The Kier molecular flexibility index (Phi) is 2.73. The Bertz CT molecular complexity index is 199. The third kappa shape index (κ3) is 2.17. The van der Waals surface area contributed by atoms with Crippen molar-refractivity contribution in [2.75, 3.05) is 0 Å². The van der Waals surface area contributed by atoms with Crippen LogP contribution in [0.25, 0.3) is 0 Å².